The summed E-state index contributed by atoms with van der Waals surface area (Å²) in [5.41, 5.74) is 8.93. The summed E-state index contributed by atoms with van der Waals surface area (Å²) in [5, 5.41) is 3.36. The minimum atomic E-state index is 0.239. The van der Waals surface area contributed by atoms with Crippen molar-refractivity contribution in [1.29, 1.82) is 0 Å². The van der Waals surface area contributed by atoms with Gasteiger partial charge < -0.3 is 11.1 Å². The van der Waals surface area contributed by atoms with Crippen molar-refractivity contribution in [2.45, 2.75) is 33.4 Å². The Hall–Kier alpha value is -0.450. The molecule has 4 heteroatoms. The molecule has 1 aromatic rings. The molecular weight excluding hydrogens is 194 g/mol. The molecule has 0 aliphatic heterocycles. The monoisotopic (exact) mass is 213 g/mol. The molecule has 0 radical (unpaired) electrons. The smallest absolute Gasteiger partial charge is 0.0798 e. The van der Waals surface area contributed by atoms with E-state index in [-0.39, 0.29) is 6.04 Å². The average molecular weight is 213 g/mol. The summed E-state index contributed by atoms with van der Waals surface area (Å²) < 4.78 is 0. The highest BCUT2D eigenvalue weighted by Gasteiger charge is 2.07. The highest BCUT2D eigenvalue weighted by atomic mass is 32.1. The number of thiazole rings is 1. The summed E-state index contributed by atoms with van der Waals surface area (Å²) in [6.45, 7) is 8.08. The molecule has 0 aliphatic rings. The normalized spacial score (nSPS) is 13.5. The molecule has 0 bridgehead atoms. The number of aryl methyl sites for hydroxylation is 1. The third-order valence-electron chi connectivity index (χ3n) is 2.37. The lowest BCUT2D eigenvalue weighted by Gasteiger charge is -2.15. The molecule has 0 saturated heterocycles. The molecule has 14 heavy (non-hydrogen) atoms. The van der Waals surface area contributed by atoms with Crippen LogP contribution in [0.2, 0.25) is 0 Å². The minimum absolute atomic E-state index is 0.239. The molecule has 3 nitrogen and oxygen atoms in total. The summed E-state index contributed by atoms with van der Waals surface area (Å²) in [4.78, 5) is 5.50. The van der Waals surface area contributed by atoms with Crippen molar-refractivity contribution in [3.8, 4) is 0 Å². The number of nitrogens with one attached hydrogen (secondary N) is 1. The largest absolute Gasteiger partial charge is 0.326 e. The molecule has 0 saturated carbocycles. The standard InChI is InChI=1S/C10H19N3S/c1-7(2)9(11)4-12-5-10-8(3)13-6-14-10/h6-7,9,12H,4-5,11H2,1-3H3. The van der Waals surface area contributed by atoms with Crippen LogP contribution in [0.4, 0.5) is 0 Å². The molecule has 1 atom stereocenters. The molecule has 0 aliphatic carbocycles. The molecular formula is C10H19N3S. The Kier molecular flexibility index (Phi) is 4.51. The number of nitrogens with two attached hydrogens (primary N) is 1. The highest BCUT2D eigenvalue weighted by Crippen LogP contribution is 2.11. The van der Waals surface area contributed by atoms with Gasteiger partial charge in [0, 0.05) is 24.0 Å². The number of nitrogens with zero attached hydrogens (tertiary/aromatic N) is 1. The van der Waals surface area contributed by atoms with E-state index in [1.54, 1.807) is 11.3 Å². The molecule has 1 aromatic heterocycles. The van der Waals surface area contributed by atoms with E-state index in [4.69, 9.17) is 5.73 Å². The predicted molar refractivity (Wildman–Crippen MR) is 61.4 cm³/mol. The van der Waals surface area contributed by atoms with Gasteiger partial charge in [-0.2, -0.15) is 0 Å². The van der Waals surface area contributed by atoms with Crippen LogP contribution in [0.25, 0.3) is 0 Å². The van der Waals surface area contributed by atoms with E-state index < -0.39 is 0 Å². The van der Waals surface area contributed by atoms with Crippen molar-refractivity contribution in [2.75, 3.05) is 6.54 Å². The van der Waals surface area contributed by atoms with Gasteiger partial charge in [-0.1, -0.05) is 13.8 Å². The van der Waals surface area contributed by atoms with E-state index in [0.29, 0.717) is 5.92 Å². The zero-order chi connectivity index (χ0) is 10.6. The number of hydrogen-bond acceptors (Lipinski definition) is 4. The number of rotatable bonds is 5. The van der Waals surface area contributed by atoms with Crippen LogP contribution < -0.4 is 11.1 Å². The highest BCUT2D eigenvalue weighted by molar-refractivity contribution is 7.09. The Morgan fingerprint density at radius 3 is 2.79 bits per heavy atom. The topological polar surface area (TPSA) is 50.9 Å². The van der Waals surface area contributed by atoms with Crippen LogP contribution in [-0.4, -0.2) is 17.6 Å². The van der Waals surface area contributed by atoms with Gasteiger partial charge in [0.2, 0.25) is 0 Å². The van der Waals surface area contributed by atoms with Crippen molar-refractivity contribution >= 4 is 11.3 Å². The summed E-state index contributed by atoms with van der Waals surface area (Å²) in [6, 6.07) is 0.239. The third kappa shape index (κ3) is 3.36. The van der Waals surface area contributed by atoms with E-state index in [1.165, 1.54) is 4.88 Å². The van der Waals surface area contributed by atoms with Crippen molar-refractivity contribution in [1.82, 2.24) is 10.3 Å². The summed E-state index contributed by atoms with van der Waals surface area (Å²) >= 11 is 1.70. The zero-order valence-electron chi connectivity index (χ0n) is 9.08. The summed E-state index contributed by atoms with van der Waals surface area (Å²) in [5.74, 6) is 0.532. The molecule has 1 rings (SSSR count). The maximum Gasteiger partial charge on any atom is 0.0798 e. The van der Waals surface area contributed by atoms with E-state index in [9.17, 15) is 0 Å². The van der Waals surface area contributed by atoms with E-state index in [2.05, 4.69) is 24.1 Å². The summed E-state index contributed by atoms with van der Waals surface area (Å²) in [7, 11) is 0. The molecule has 0 fully saturated rings. The second kappa shape index (κ2) is 5.44. The first-order valence-corrected chi connectivity index (χ1v) is 5.84. The van der Waals surface area contributed by atoms with Gasteiger partial charge in [-0.05, 0) is 12.8 Å². The Bertz CT molecular complexity index is 270. The van der Waals surface area contributed by atoms with Crippen molar-refractivity contribution in [3.63, 3.8) is 0 Å². The van der Waals surface area contributed by atoms with E-state index in [0.717, 1.165) is 18.8 Å². The van der Waals surface area contributed by atoms with Crippen molar-refractivity contribution < 1.29 is 0 Å². The fourth-order valence-corrected chi connectivity index (χ4v) is 1.83. The van der Waals surface area contributed by atoms with Crippen molar-refractivity contribution in [3.05, 3.63) is 16.1 Å². The first-order valence-electron chi connectivity index (χ1n) is 4.96. The Morgan fingerprint density at radius 2 is 2.29 bits per heavy atom. The number of aromatic nitrogens is 1. The zero-order valence-corrected chi connectivity index (χ0v) is 9.90. The van der Waals surface area contributed by atoms with Gasteiger partial charge in [0.05, 0.1) is 11.2 Å². The lowest BCUT2D eigenvalue weighted by Crippen LogP contribution is -2.37. The summed E-state index contributed by atoms with van der Waals surface area (Å²) in [6.07, 6.45) is 0. The third-order valence-corrected chi connectivity index (χ3v) is 3.30. The Balaban J connectivity index is 2.25. The lowest BCUT2D eigenvalue weighted by molar-refractivity contribution is 0.459. The maximum absolute atomic E-state index is 5.92. The quantitative estimate of drug-likeness (QED) is 0.780. The lowest BCUT2D eigenvalue weighted by atomic mass is 10.1. The Morgan fingerprint density at radius 1 is 1.57 bits per heavy atom. The van der Waals surface area contributed by atoms with Crippen LogP contribution >= 0.6 is 11.3 Å². The van der Waals surface area contributed by atoms with Gasteiger partial charge in [-0.3, -0.25) is 0 Å². The van der Waals surface area contributed by atoms with Gasteiger partial charge in [-0.25, -0.2) is 4.98 Å². The van der Waals surface area contributed by atoms with Crippen LogP contribution in [0.5, 0.6) is 0 Å². The molecule has 80 valence electrons. The second-order valence-electron chi connectivity index (χ2n) is 3.90. The molecule has 1 unspecified atom stereocenters. The minimum Gasteiger partial charge on any atom is -0.326 e. The van der Waals surface area contributed by atoms with Gasteiger partial charge in [0.15, 0.2) is 0 Å². The SMILES string of the molecule is Cc1ncsc1CNCC(N)C(C)C. The Labute approximate surface area is 89.7 Å². The van der Waals surface area contributed by atoms with Gasteiger partial charge in [-0.15, -0.1) is 11.3 Å². The fourth-order valence-electron chi connectivity index (χ4n) is 1.08. The fraction of sp³-hybridized carbons (Fsp3) is 0.700. The molecule has 3 N–H and O–H groups in total. The van der Waals surface area contributed by atoms with Crippen LogP contribution in [0, 0.1) is 12.8 Å². The average Bonchev–Trinajstić information content (AvgIpc) is 2.51. The maximum atomic E-state index is 5.92. The van der Waals surface area contributed by atoms with Crippen LogP contribution in [-0.2, 0) is 6.54 Å². The molecule has 1 heterocycles. The number of hydrogen-bond donors (Lipinski definition) is 2. The predicted octanol–water partition coefficient (Wildman–Crippen LogP) is 1.52. The van der Waals surface area contributed by atoms with Crippen LogP contribution in [0.15, 0.2) is 5.51 Å². The molecule has 0 aromatic carbocycles. The van der Waals surface area contributed by atoms with E-state index >= 15 is 0 Å². The molecule has 0 spiro atoms. The van der Waals surface area contributed by atoms with Crippen molar-refractivity contribution in [2.24, 2.45) is 11.7 Å². The first kappa shape index (κ1) is 11.6. The van der Waals surface area contributed by atoms with Crippen LogP contribution in [0.3, 0.4) is 0 Å². The first-order chi connectivity index (χ1) is 6.61. The van der Waals surface area contributed by atoms with Gasteiger partial charge >= 0.3 is 0 Å². The molecule has 0 amide bonds. The van der Waals surface area contributed by atoms with Crippen LogP contribution in [0.1, 0.15) is 24.4 Å². The van der Waals surface area contributed by atoms with Gasteiger partial charge in [0.25, 0.3) is 0 Å². The van der Waals surface area contributed by atoms with Gasteiger partial charge in [0.1, 0.15) is 0 Å². The second-order valence-corrected chi connectivity index (χ2v) is 4.84. The van der Waals surface area contributed by atoms with E-state index in [1.807, 2.05) is 12.4 Å².